The van der Waals surface area contributed by atoms with Gasteiger partial charge in [-0.15, -0.1) is 5.10 Å². The summed E-state index contributed by atoms with van der Waals surface area (Å²) in [4.78, 5) is 0. The Balaban J connectivity index is 1.50. The zero-order valence-corrected chi connectivity index (χ0v) is 15.9. The highest BCUT2D eigenvalue weighted by atomic mass is 16.5. The number of anilines is 1. The highest BCUT2D eigenvalue weighted by Crippen LogP contribution is 2.29. The Labute approximate surface area is 160 Å². The van der Waals surface area contributed by atoms with Crippen molar-refractivity contribution >= 4 is 5.69 Å². The van der Waals surface area contributed by atoms with Gasteiger partial charge in [-0.2, -0.15) is 0 Å². The number of aromatic nitrogens is 3. The molecule has 2 atom stereocenters. The Kier molecular flexibility index (Phi) is 5.10. The normalized spacial score (nSPS) is 19.2. The first kappa shape index (κ1) is 17.6. The van der Waals surface area contributed by atoms with Crippen molar-refractivity contribution in [2.24, 2.45) is 5.92 Å². The zero-order valence-electron chi connectivity index (χ0n) is 15.9. The Morgan fingerprint density at radius 1 is 1.15 bits per heavy atom. The van der Waals surface area contributed by atoms with E-state index in [0.717, 1.165) is 34.2 Å². The molecule has 4 rings (SSSR count). The minimum Gasteiger partial charge on any atom is -0.496 e. The van der Waals surface area contributed by atoms with E-state index < -0.39 is 0 Å². The maximum absolute atomic E-state index is 5.43. The van der Waals surface area contributed by atoms with Gasteiger partial charge in [-0.05, 0) is 37.0 Å². The smallest absolute Gasteiger partial charge is 0.123 e. The first-order chi connectivity index (χ1) is 13.2. The van der Waals surface area contributed by atoms with Gasteiger partial charge in [0.15, 0.2) is 0 Å². The quantitative estimate of drug-likeness (QED) is 0.696. The van der Waals surface area contributed by atoms with Crippen LogP contribution in [0.5, 0.6) is 5.75 Å². The minimum atomic E-state index is 0.571. The van der Waals surface area contributed by atoms with Crippen LogP contribution in [0.1, 0.15) is 31.7 Å². The number of ether oxygens (including phenoxy) is 1. The summed E-state index contributed by atoms with van der Waals surface area (Å²) < 4.78 is 7.28. The fourth-order valence-corrected chi connectivity index (χ4v) is 3.86. The molecule has 1 heterocycles. The van der Waals surface area contributed by atoms with Crippen molar-refractivity contribution in [2.75, 3.05) is 12.4 Å². The van der Waals surface area contributed by atoms with Crippen LogP contribution in [-0.2, 0) is 6.54 Å². The molecule has 1 saturated carbocycles. The van der Waals surface area contributed by atoms with Crippen molar-refractivity contribution in [1.29, 1.82) is 0 Å². The van der Waals surface area contributed by atoms with Crippen molar-refractivity contribution in [3.63, 3.8) is 0 Å². The molecule has 5 heteroatoms. The van der Waals surface area contributed by atoms with E-state index >= 15 is 0 Å². The molecule has 140 valence electrons. The Bertz CT molecular complexity index is 905. The highest BCUT2D eigenvalue weighted by molar-refractivity contribution is 5.64. The Hall–Kier alpha value is -2.82. The van der Waals surface area contributed by atoms with Crippen molar-refractivity contribution < 1.29 is 4.74 Å². The number of benzene rings is 2. The fraction of sp³-hybridized carbons (Fsp3) is 0.364. The van der Waals surface area contributed by atoms with Gasteiger partial charge in [0.25, 0.3) is 0 Å². The average Bonchev–Trinajstić information content (AvgIpc) is 3.32. The number of para-hydroxylation sites is 1. The molecule has 27 heavy (non-hydrogen) atoms. The molecule has 1 aliphatic carbocycles. The molecular weight excluding hydrogens is 336 g/mol. The second kappa shape index (κ2) is 7.82. The van der Waals surface area contributed by atoms with E-state index in [9.17, 15) is 0 Å². The first-order valence-corrected chi connectivity index (χ1v) is 9.62. The number of hydrogen-bond acceptors (Lipinski definition) is 4. The van der Waals surface area contributed by atoms with Crippen LogP contribution in [0, 0.1) is 5.92 Å². The third-order valence-corrected chi connectivity index (χ3v) is 5.44. The van der Waals surface area contributed by atoms with Gasteiger partial charge in [0.2, 0.25) is 0 Å². The number of hydrogen-bond donors (Lipinski definition) is 1. The lowest BCUT2D eigenvalue weighted by Crippen LogP contribution is -2.21. The predicted molar refractivity (Wildman–Crippen MR) is 108 cm³/mol. The molecule has 2 unspecified atom stereocenters. The van der Waals surface area contributed by atoms with Crippen molar-refractivity contribution in [2.45, 2.75) is 38.8 Å². The second-order valence-electron chi connectivity index (χ2n) is 7.35. The van der Waals surface area contributed by atoms with Gasteiger partial charge in [-0.1, -0.05) is 48.9 Å². The SMILES string of the molecule is COc1ccccc1Cn1cc(-c2cccc(NC3CCCC3C)c2)nn1. The van der Waals surface area contributed by atoms with E-state index in [1.807, 2.05) is 35.1 Å². The maximum atomic E-state index is 5.43. The van der Waals surface area contributed by atoms with E-state index in [-0.39, 0.29) is 0 Å². The number of nitrogens with one attached hydrogen (secondary N) is 1. The van der Waals surface area contributed by atoms with Gasteiger partial charge in [-0.3, -0.25) is 0 Å². The lowest BCUT2D eigenvalue weighted by molar-refractivity contribution is 0.407. The van der Waals surface area contributed by atoms with Crippen LogP contribution in [0.25, 0.3) is 11.3 Å². The van der Waals surface area contributed by atoms with Gasteiger partial charge in [0.05, 0.1) is 19.9 Å². The largest absolute Gasteiger partial charge is 0.496 e. The van der Waals surface area contributed by atoms with Crippen LogP contribution in [0.3, 0.4) is 0 Å². The van der Waals surface area contributed by atoms with Gasteiger partial charge in [0, 0.05) is 22.9 Å². The molecule has 1 aromatic heterocycles. The molecule has 0 amide bonds. The molecule has 1 aliphatic rings. The molecule has 0 saturated heterocycles. The molecule has 0 spiro atoms. The van der Waals surface area contributed by atoms with Crippen LogP contribution in [0.4, 0.5) is 5.69 Å². The predicted octanol–water partition coefficient (Wildman–Crippen LogP) is 4.60. The van der Waals surface area contributed by atoms with Crippen LogP contribution < -0.4 is 10.1 Å². The van der Waals surface area contributed by atoms with Gasteiger partial charge in [0.1, 0.15) is 11.4 Å². The molecule has 1 N–H and O–H groups in total. The molecule has 0 radical (unpaired) electrons. The van der Waals surface area contributed by atoms with E-state index in [1.54, 1.807) is 7.11 Å². The number of nitrogens with zero attached hydrogens (tertiary/aromatic N) is 3. The summed E-state index contributed by atoms with van der Waals surface area (Å²) in [5, 5.41) is 12.4. The van der Waals surface area contributed by atoms with Crippen molar-refractivity contribution in [3.05, 3.63) is 60.3 Å². The zero-order chi connectivity index (χ0) is 18.6. The minimum absolute atomic E-state index is 0.571. The highest BCUT2D eigenvalue weighted by Gasteiger charge is 2.23. The topological polar surface area (TPSA) is 52.0 Å². The number of rotatable bonds is 6. The van der Waals surface area contributed by atoms with E-state index in [2.05, 4.69) is 46.8 Å². The molecule has 3 aromatic rings. The molecule has 1 fully saturated rings. The molecule has 0 aliphatic heterocycles. The van der Waals surface area contributed by atoms with Crippen LogP contribution in [0.2, 0.25) is 0 Å². The summed E-state index contributed by atoms with van der Waals surface area (Å²) in [6.07, 6.45) is 5.87. The summed E-state index contributed by atoms with van der Waals surface area (Å²) in [6, 6.07) is 17.0. The molecule has 5 nitrogen and oxygen atoms in total. The van der Waals surface area contributed by atoms with Gasteiger partial charge >= 0.3 is 0 Å². The average molecular weight is 362 g/mol. The maximum Gasteiger partial charge on any atom is 0.123 e. The molecular formula is C22H26N4O. The Morgan fingerprint density at radius 2 is 2.04 bits per heavy atom. The van der Waals surface area contributed by atoms with Crippen molar-refractivity contribution in [1.82, 2.24) is 15.0 Å². The second-order valence-corrected chi connectivity index (χ2v) is 7.35. The van der Waals surface area contributed by atoms with E-state index in [1.165, 1.54) is 19.3 Å². The fourth-order valence-electron chi connectivity index (χ4n) is 3.86. The third kappa shape index (κ3) is 3.97. The summed E-state index contributed by atoms with van der Waals surface area (Å²) in [7, 11) is 1.69. The van der Waals surface area contributed by atoms with Crippen LogP contribution >= 0.6 is 0 Å². The van der Waals surface area contributed by atoms with Crippen molar-refractivity contribution in [3.8, 4) is 17.0 Å². The number of methoxy groups -OCH3 is 1. The lowest BCUT2D eigenvalue weighted by Gasteiger charge is -2.19. The third-order valence-electron chi connectivity index (χ3n) is 5.44. The van der Waals surface area contributed by atoms with Crippen LogP contribution in [0.15, 0.2) is 54.7 Å². The molecule has 0 bridgehead atoms. The summed E-state index contributed by atoms with van der Waals surface area (Å²) >= 11 is 0. The summed E-state index contributed by atoms with van der Waals surface area (Å²) in [5.41, 5.74) is 4.21. The van der Waals surface area contributed by atoms with Crippen LogP contribution in [-0.4, -0.2) is 28.1 Å². The monoisotopic (exact) mass is 362 g/mol. The lowest BCUT2D eigenvalue weighted by atomic mass is 10.1. The van der Waals surface area contributed by atoms with Gasteiger partial charge < -0.3 is 10.1 Å². The van der Waals surface area contributed by atoms with Gasteiger partial charge in [-0.25, -0.2) is 4.68 Å². The summed E-state index contributed by atoms with van der Waals surface area (Å²) in [5.74, 6) is 1.60. The molecule has 2 aromatic carbocycles. The first-order valence-electron chi connectivity index (χ1n) is 9.62. The Morgan fingerprint density at radius 3 is 2.85 bits per heavy atom. The van der Waals surface area contributed by atoms with E-state index in [0.29, 0.717) is 12.6 Å². The van der Waals surface area contributed by atoms with E-state index in [4.69, 9.17) is 4.74 Å². The standard InChI is InChI=1S/C22H26N4O/c1-16-7-5-11-20(16)23-19-10-6-9-17(13-19)21-15-26(25-24-21)14-18-8-3-4-12-22(18)27-2/h3-4,6,8-10,12-13,15-16,20,23H,5,7,11,14H2,1-2H3. The summed E-state index contributed by atoms with van der Waals surface area (Å²) in [6.45, 7) is 2.96.